The van der Waals surface area contributed by atoms with E-state index < -0.39 is 12.3 Å². The van der Waals surface area contributed by atoms with Crippen LogP contribution in [-0.4, -0.2) is 19.4 Å². The number of aryl methyl sites for hydroxylation is 1. The third-order valence-electron chi connectivity index (χ3n) is 4.73. The van der Waals surface area contributed by atoms with Gasteiger partial charge < -0.3 is 14.2 Å². The maximum atomic E-state index is 12.1. The van der Waals surface area contributed by atoms with Crippen LogP contribution >= 0.6 is 0 Å². The van der Waals surface area contributed by atoms with Crippen LogP contribution in [0.15, 0.2) is 42.5 Å². The molecule has 0 radical (unpaired) electrons. The zero-order valence-electron chi connectivity index (χ0n) is 13.2. The summed E-state index contributed by atoms with van der Waals surface area (Å²) in [5, 5.41) is 0. The second-order valence-corrected chi connectivity index (χ2v) is 6.12. The van der Waals surface area contributed by atoms with Gasteiger partial charge in [0.15, 0.2) is 0 Å². The highest BCUT2D eigenvalue weighted by Gasteiger charge is 2.51. The smallest absolute Gasteiger partial charge is 0.389 e. The number of hydrogen-bond acceptors (Lipinski definition) is 4. The fourth-order valence-corrected chi connectivity index (χ4v) is 3.40. The summed E-state index contributed by atoms with van der Waals surface area (Å²) in [7, 11) is 1.33. The van der Waals surface area contributed by atoms with Gasteiger partial charge in [-0.2, -0.15) is 0 Å². The summed E-state index contributed by atoms with van der Waals surface area (Å²) in [6, 6.07) is 14.0. The molecule has 1 saturated carbocycles. The first-order valence-corrected chi connectivity index (χ1v) is 7.76. The van der Waals surface area contributed by atoms with Gasteiger partial charge in [0, 0.05) is 16.5 Å². The highest BCUT2D eigenvalue weighted by Crippen LogP contribution is 2.59. The Morgan fingerprint density at radius 3 is 2.57 bits per heavy atom. The summed E-state index contributed by atoms with van der Waals surface area (Å²) in [5.74, 6) is 0.878. The van der Waals surface area contributed by atoms with Crippen molar-refractivity contribution in [3.63, 3.8) is 0 Å². The van der Waals surface area contributed by atoms with Crippen molar-refractivity contribution in [3.8, 4) is 11.5 Å². The molecule has 0 bridgehead atoms. The molecule has 23 heavy (non-hydrogen) atoms. The minimum atomic E-state index is -1.10. The SMILES string of the molecule is COC(=O)C1Oc2ccccc2C2(CC2)c2cccc(C)c2O1. The lowest BCUT2D eigenvalue weighted by molar-refractivity contribution is -0.162. The number of fused-ring (bicyclic) bond motifs is 4. The van der Waals surface area contributed by atoms with Crippen molar-refractivity contribution < 1.29 is 19.0 Å². The molecule has 4 heteroatoms. The van der Waals surface area contributed by atoms with E-state index in [9.17, 15) is 4.79 Å². The van der Waals surface area contributed by atoms with Crippen molar-refractivity contribution in [1.82, 2.24) is 0 Å². The molecule has 1 aliphatic heterocycles. The molecule has 0 aromatic heterocycles. The fourth-order valence-electron chi connectivity index (χ4n) is 3.40. The first-order chi connectivity index (χ1) is 11.2. The van der Waals surface area contributed by atoms with Crippen LogP contribution in [0.3, 0.4) is 0 Å². The summed E-state index contributed by atoms with van der Waals surface area (Å²) in [6.45, 7) is 1.98. The first-order valence-electron chi connectivity index (χ1n) is 7.76. The van der Waals surface area contributed by atoms with Crippen LogP contribution in [0.25, 0.3) is 0 Å². The molecule has 0 amide bonds. The Hall–Kier alpha value is -2.49. The topological polar surface area (TPSA) is 44.8 Å². The zero-order valence-corrected chi connectivity index (χ0v) is 13.2. The zero-order chi connectivity index (χ0) is 16.0. The van der Waals surface area contributed by atoms with Gasteiger partial charge in [0.05, 0.1) is 7.11 Å². The molecule has 4 rings (SSSR count). The number of methoxy groups -OCH3 is 1. The lowest BCUT2D eigenvalue weighted by Crippen LogP contribution is -2.37. The molecule has 1 aliphatic carbocycles. The van der Waals surface area contributed by atoms with Crippen molar-refractivity contribution in [2.24, 2.45) is 0 Å². The minimum Gasteiger partial charge on any atom is -0.463 e. The standard InChI is InChI=1S/C19H18O4/c1-12-6-5-8-14-16(12)23-18(17(20)21-2)22-15-9-4-3-7-13(15)19(14)10-11-19/h3-9,18H,10-11H2,1-2H3. The Bertz CT molecular complexity index is 777. The molecule has 0 N–H and O–H groups in total. The lowest BCUT2D eigenvalue weighted by Gasteiger charge is -2.30. The number of ether oxygens (including phenoxy) is 3. The van der Waals surface area contributed by atoms with E-state index in [1.807, 2.05) is 37.3 Å². The third-order valence-corrected chi connectivity index (χ3v) is 4.73. The second-order valence-electron chi connectivity index (χ2n) is 6.12. The van der Waals surface area contributed by atoms with E-state index in [1.54, 1.807) is 0 Å². The van der Waals surface area contributed by atoms with Crippen LogP contribution in [0, 0.1) is 6.92 Å². The molecule has 2 aromatic rings. The van der Waals surface area contributed by atoms with Crippen molar-refractivity contribution in [3.05, 3.63) is 59.2 Å². The normalized spacial score (nSPS) is 20.2. The molecule has 0 saturated heterocycles. The van der Waals surface area contributed by atoms with Crippen LogP contribution in [0.2, 0.25) is 0 Å². The molecule has 118 valence electrons. The number of carbonyl (C=O) groups is 1. The second kappa shape index (κ2) is 5.01. The average molecular weight is 310 g/mol. The van der Waals surface area contributed by atoms with E-state index >= 15 is 0 Å². The maximum Gasteiger partial charge on any atom is 0.389 e. The van der Waals surface area contributed by atoms with Crippen molar-refractivity contribution in [2.45, 2.75) is 31.5 Å². The van der Waals surface area contributed by atoms with Gasteiger partial charge in [-0.1, -0.05) is 36.4 Å². The molecule has 2 aromatic carbocycles. The van der Waals surface area contributed by atoms with E-state index in [1.165, 1.54) is 7.11 Å². The van der Waals surface area contributed by atoms with Gasteiger partial charge in [-0.05, 0) is 31.4 Å². The van der Waals surface area contributed by atoms with E-state index in [2.05, 4.69) is 12.1 Å². The van der Waals surface area contributed by atoms with E-state index in [4.69, 9.17) is 14.2 Å². The Labute approximate surface area is 135 Å². The Morgan fingerprint density at radius 1 is 1.09 bits per heavy atom. The molecule has 1 spiro atoms. The van der Waals surface area contributed by atoms with E-state index in [0.29, 0.717) is 5.75 Å². The summed E-state index contributed by atoms with van der Waals surface area (Å²) in [4.78, 5) is 12.1. The van der Waals surface area contributed by atoms with E-state index in [0.717, 1.165) is 35.3 Å². The highest BCUT2D eigenvalue weighted by atomic mass is 16.7. The van der Waals surface area contributed by atoms with Crippen LogP contribution in [-0.2, 0) is 14.9 Å². The van der Waals surface area contributed by atoms with Crippen LogP contribution in [0.5, 0.6) is 11.5 Å². The number of carbonyl (C=O) groups excluding carboxylic acids is 1. The summed E-state index contributed by atoms with van der Waals surface area (Å²) >= 11 is 0. The van der Waals surface area contributed by atoms with Crippen LogP contribution < -0.4 is 9.47 Å². The lowest BCUT2D eigenvalue weighted by atomic mass is 9.85. The van der Waals surface area contributed by atoms with Gasteiger partial charge in [0.2, 0.25) is 0 Å². The molecule has 1 atom stereocenters. The molecule has 4 nitrogen and oxygen atoms in total. The predicted molar refractivity (Wildman–Crippen MR) is 84.7 cm³/mol. The molecular weight excluding hydrogens is 292 g/mol. The Balaban J connectivity index is 1.94. The van der Waals surface area contributed by atoms with Gasteiger partial charge in [0.1, 0.15) is 11.5 Å². The number of para-hydroxylation sites is 2. The summed E-state index contributed by atoms with van der Waals surface area (Å²) in [5.41, 5.74) is 3.16. The van der Waals surface area contributed by atoms with Crippen molar-refractivity contribution in [2.75, 3.05) is 7.11 Å². The number of hydrogen-bond donors (Lipinski definition) is 0. The van der Waals surface area contributed by atoms with Crippen molar-refractivity contribution >= 4 is 5.97 Å². The third kappa shape index (κ3) is 2.09. The average Bonchev–Trinajstić information content (AvgIpc) is 3.36. The predicted octanol–water partition coefficient (Wildman–Crippen LogP) is 3.35. The van der Waals surface area contributed by atoms with Gasteiger partial charge in [-0.25, -0.2) is 4.79 Å². The van der Waals surface area contributed by atoms with E-state index in [-0.39, 0.29) is 5.41 Å². The molecule has 1 unspecified atom stereocenters. The Kier molecular flexibility index (Phi) is 3.08. The number of esters is 1. The van der Waals surface area contributed by atoms with Gasteiger partial charge >= 0.3 is 12.3 Å². The number of benzene rings is 2. The molecule has 2 aliphatic rings. The van der Waals surface area contributed by atoms with Gasteiger partial charge in [-0.15, -0.1) is 0 Å². The fraction of sp³-hybridized carbons (Fsp3) is 0.316. The van der Waals surface area contributed by atoms with Gasteiger partial charge in [-0.3, -0.25) is 0 Å². The monoisotopic (exact) mass is 310 g/mol. The maximum absolute atomic E-state index is 12.1. The quantitative estimate of drug-likeness (QED) is 0.758. The van der Waals surface area contributed by atoms with Crippen LogP contribution in [0.1, 0.15) is 29.5 Å². The molecular formula is C19H18O4. The summed E-state index contributed by atoms with van der Waals surface area (Å²) in [6.07, 6.45) is 1.00. The summed E-state index contributed by atoms with van der Waals surface area (Å²) < 4.78 is 16.7. The van der Waals surface area contributed by atoms with Crippen molar-refractivity contribution in [1.29, 1.82) is 0 Å². The highest BCUT2D eigenvalue weighted by molar-refractivity contribution is 5.75. The minimum absolute atomic E-state index is 0.0704. The van der Waals surface area contributed by atoms with Crippen LogP contribution in [0.4, 0.5) is 0 Å². The number of rotatable bonds is 1. The molecule has 1 fully saturated rings. The molecule has 1 heterocycles. The Morgan fingerprint density at radius 2 is 1.83 bits per heavy atom. The first kappa shape index (κ1) is 14.1. The largest absolute Gasteiger partial charge is 0.463 e. The van der Waals surface area contributed by atoms with Gasteiger partial charge in [0.25, 0.3) is 0 Å².